The smallest absolute Gasteiger partial charge is 0.407 e. The highest BCUT2D eigenvalue weighted by molar-refractivity contribution is 5.74. The van der Waals surface area contributed by atoms with E-state index in [9.17, 15) is 9.59 Å². The molecule has 0 atom stereocenters. The predicted molar refractivity (Wildman–Crippen MR) is 83.6 cm³/mol. The zero-order valence-electron chi connectivity index (χ0n) is 13.6. The van der Waals surface area contributed by atoms with Gasteiger partial charge in [0.2, 0.25) is 0 Å². The first kappa shape index (κ1) is 16.9. The molecule has 2 aliphatic rings. The summed E-state index contributed by atoms with van der Waals surface area (Å²) in [7, 11) is 3.62. The Kier molecular flexibility index (Phi) is 5.88. The molecule has 0 bridgehead atoms. The summed E-state index contributed by atoms with van der Waals surface area (Å²) in [5.41, 5.74) is 2.86. The van der Waals surface area contributed by atoms with Crippen molar-refractivity contribution in [2.45, 2.75) is 57.0 Å². The number of carbonyl (C=O) groups is 2. The van der Waals surface area contributed by atoms with E-state index in [0.717, 1.165) is 25.7 Å². The molecule has 3 amide bonds. The summed E-state index contributed by atoms with van der Waals surface area (Å²) in [5, 5.41) is 10.7. The second-order valence-corrected chi connectivity index (χ2v) is 6.51. The molecular weight excluding hydrogens is 284 g/mol. The van der Waals surface area contributed by atoms with Crippen LogP contribution < -0.4 is 5.43 Å². The van der Waals surface area contributed by atoms with Crippen LogP contribution in [-0.2, 0) is 0 Å². The molecular formula is C15H28N4O3. The predicted octanol–water partition coefficient (Wildman–Crippen LogP) is 1.95. The van der Waals surface area contributed by atoms with Crippen LogP contribution in [0.1, 0.15) is 44.9 Å². The number of carboxylic acid groups (broad SMARTS) is 1. The Morgan fingerprint density at radius 3 is 2.05 bits per heavy atom. The van der Waals surface area contributed by atoms with Gasteiger partial charge in [0.25, 0.3) is 0 Å². The number of piperidine rings is 1. The van der Waals surface area contributed by atoms with Crippen LogP contribution in [0.15, 0.2) is 0 Å². The van der Waals surface area contributed by atoms with Gasteiger partial charge in [0, 0.05) is 39.3 Å². The monoisotopic (exact) mass is 312 g/mol. The Balaban J connectivity index is 2.03. The van der Waals surface area contributed by atoms with Crippen molar-refractivity contribution < 1.29 is 14.7 Å². The van der Waals surface area contributed by atoms with E-state index in [2.05, 4.69) is 5.43 Å². The van der Waals surface area contributed by atoms with Crippen LogP contribution in [-0.4, -0.2) is 71.3 Å². The van der Waals surface area contributed by atoms with E-state index < -0.39 is 6.09 Å². The summed E-state index contributed by atoms with van der Waals surface area (Å²) in [6, 6.07) is 0.374. The van der Waals surface area contributed by atoms with Gasteiger partial charge in [-0.2, -0.15) is 0 Å². The molecule has 1 saturated heterocycles. The average molecular weight is 312 g/mol. The minimum Gasteiger partial charge on any atom is -0.465 e. The quantitative estimate of drug-likeness (QED) is 0.781. The molecule has 0 spiro atoms. The summed E-state index contributed by atoms with van der Waals surface area (Å²) < 4.78 is 0. The second kappa shape index (κ2) is 7.67. The number of rotatable bonds is 3. The molecule has 2 rings (SSSR count). The second-order valence-electron chi connectivity index (χ2n) is 6.51. The summed E-state index contributed by atoms with van der Waals surface area (Å²) in [6.45, 7) is 1.02. The number of amides is 3. The van der Waals surface area contributed by atoms with Crippen LogP contribution >= 0.6 is 0 Å². The van der Waals surface area contributed by atoms with Crippen molar-refractivity contribution in [3.05, 3.63) is 0 Å². The van der Waals surface area contributed by atoms with Crippen LogP contribution in [0.2, 0.25) is 0 Å². The van der Waals surface area contributed by atoms with E-state index in [1.54, 1.807) is 5.01 Å². The fourth-order valence-electron chi connectivity index (χ4n) is 3.57. The molecule has 0 unspecified atom stereocenters. The zero-order valence-corrected chi connectivity index (χ0v) is 13.6. The van der Waals surface area contributed by atoms with E-state index in [1.807, 2.05) is 19.0 Å². The van der Waals surface area contributed by atoms with Gasteiger partial charge in [-0.1, -0.05) is 19.3 Å². The lowest BCUT2D eigenvalue weighted by Crippen LogP contribution is -2.57. The number of hydrogen-bond acceptors (Lipinski definition) is 3. The maximum atomic E-state index is 12.6. The molecule has 1 aliphatic carbocycles. The third-order valence-corrected chi connectivity index (χ3v) is 4.65. The van der Waals surface area contributed by atoms with Crippen LogP contribution in [0.5, 0.6) is 0 Å². The van der Waals surface area contributed by atoms with Crippen molar-refractivity contribution in [3.63, 3.8) is 0 Å². The number of hydrogen-bond donors (Lipinski definition) is 2. The van der Waals surface area contributed by atoms with Gasteiger partial charge in [-0.25, -0.2) is 14.6 Å². The molecule has 1 aliphatic heterocycles. The molecule has 0 aromatic carbocycles. The SMILES string of the molecule is CN(C)NC(=O)N(C1CCCCC1)C1CCN(C(=O)O)CC1. The maximum absolute atomic E-state index is 12.6. The van der Waals surface area contributed by atoms with Crippen LogP contribution in [0.4, 0.5) is 9.59 Å². The normalized spacial score (nSPS) is 21.0. The van der Waals surface area contributed by atoms with Crippen LogP contribution in [0, 0.1) is 0 Å². The van der Waals surface area contributed by atoms with Gasteiger partial charge in [-0.05, 0) is 25.7 Å². The lowest BCUT2D eigenvalue weighted by molar-refractivity contribution is 0.0702. The number of likely N-dealkylation sites (tertiary alicyclic amines) is 1. The van der Waals surface area contributed by atoms with Crippen molar-refractivity contribution in [1.82, 2.24) is 20.2 Å². The molecule has 22 heavy (non-hydrogen) atoms. The largest absolute Gasteiger partial charge is 0.465 e. The Labute approximate surface area is 132 Å². The average Bonchev–Trinajstić information content (AvgIpc) is 2.48. The van der Waals surface area contributed by atoms with Gasteiger partial charge >= 0.3 is 12.1 Å². The Bertz CT molecular complexity index is 388. The summed E-state index contributed by atoms with van der Waals surface area (Å²) >= 11 is 0. The minimum absolute atomic E-state index is 0.0503. The van der Waals surface area contributed by atoms with Gasteiger partial charge in [0.05, 0.1) is 0 Å². The topological polar surface area (TPSA) is 76.1 Å². The Morgan fingerprint density at radius 2 is 1.55 bits per heavy atom. The van der Waals surface area contributed by atoms with Crippen LogP contribution in [0.3, 0.4) is 0 Å². The van der Waals surface area contributed by atoms with Gasteiger partial charge in [-0.3, -0.25) is 5.43 Å². The van der Waals surface area contributed by atoms with E-state index in [-0.39, 0.29) is 18.1 Å². The molecule has 1 heterocycles. The number of hydrazine groups is 1. The molecule has 7 nitrogen and oxygen atoms in total. The maximum Gasteiger partial charge on any atom is 0.407 e. The van der Waals surface area contributed by atoms with Gasteiger partial charge < -0.3 is 14.9 Å². The van der Waals surface area contributed by atoms with Crippen molar-refractivity contribution in [2.24, 2.45) is 0 Å². The first-order valence-electron chi connectivity index (χ1n) is 8.23. The summed E-state index contributed by atoms with van der Waals surface area (Å²) in [6.07, 6.45) is 6.29. The molecule has 0 radical (unpaired) electrons. The van der Waals surface area contributed by atoms with Gasteiger partial charge in [0.15, 0.2) is 0 Å². The van der Waals surface area contributed by atoms with Crippen molar-refractivity contribution >= 4 is 12.1 Å². The lowest BCUT2D eigenvalue weighted by atomic mass is 9.91. The molecule has 2 N–H and O–H groups in total. The standard InChI is InChI=1S/C15H28N4O3/c1-17(2)16-14(20)19(12-6-4-3-5-7-12)13-8-10-18(11-9-13)15(21)22/h12-13H,3-11H2,1-2H3,(H,16,20)(H,21,22). The van der Waals surface area contributed by atoms with E-state index in [0.29, 0.717) is 13.1 Å². The van der Waals surface area contributed by atoms with E-state index >= 15 is 0 Å². The van der Waals surface area contributed by atoms with Crippen LogP contribution in [0.25, 0.3) is 0 Å². The lowest BCUT2D eigenvalue weighted by Gasteiger charge is -2.43. The fraction of sp³-hybridized carbons (Fsp3) is 0.867. The van der Waals surface area contributed by atoms with E-state index in [1.165, 1.54) is 24.2 Å². The molecule has 1 saturated carbocycles. The molecule has 0 aromatic rings. The third kappa shape index (κ3) is 4.25. The zero-order chi connectivity index (χ0) is 16.1. The summed E-state index contributed by atoms with van der Waals surface area (Å²) in [4.78, 5) is 27.1. The number of urea groups is 1. The van der Waals surface area contributed by atoms with E-state index in [4.69, 9.17) is 5.11 Å². The highest BCUT2D eigenvalue weighted by atomic mass is 16.4. The first-order valence-corrected chi connectivity index (χ1v) is 8.23. The van der Waals surface area contributed by atoms with Crippen molar-refractivity contribution in [2.75, 3.05) is 27.2 Å². The minimum atomic E-state index is -0.861. The number of nitrogens with one attached hydrogen (secondary N) is 1. The third-order valence-electron chi connectivity index (χ3n) is 4.65. The number of nitrogens with zero attached hydrogens (tertiary/aromatic N) is 3. The van der Waals surface area contributed by atoms with Crippen molar-refractivity contribution in [3.8, 4) is 0 Å². The highest BCUT2D eigenvalue weighted by Crippen LogP contribution is 2.28. The highest BCUT2D eigenvalue weighted by Gasteiger charge is 2.34. The first-order chi connectivity index (χ1) is 10.5. The van der Waals surface area contributed by atoms with Crippen molar-refractivity contribution in [1.29, 1.82) is 0 Å². The summed E-state index contributed by atoms with van der Waals surface area (Å²) in [5.74, 6) is 0. The van der Waals surface area contributed by atoms with Gasteiger partial charge in [0.1, 0.15) is 0 Å². The molecule has 126 valence electrons. The number of carbonyl (C=O) groups excluding carboxylic acids is 1. The fourth-order valence-corrected chi connectivity index (χ4v) is 3.57. The van der Waals surface area contributed by atoms with Gasteiger partial charge in [-0.15, -0.1) is 0 Å². The molecule has 7 heteroatoms. The molecule has 2 fully saturated rings. The molecule has 0 aromatic heterocycles. The Morgan fingerprint density at radius 1 is 1.00 bits per heavy atom. The Hall–Kier alpha value is -1.50.